The molecule has 0 saturated carbocycles. The minimum atomic E-state index is -1.28. The lowest BCUT2D eigenvalue weighted by molar-refractivity contribution is -0.148. The molecule has 19 heavy (non-hydrogen) atoms. The van der Waals surface area contributed by atoms with Crippen LogP contribution in [0, 0.1) is 5.41 Å². The first-order valence-corrected chi connectivity index (χ1v) is 5.80. The number of nitrogens with one attached hydrogen (secondary N) is 2. The van der Waals surface area contributed by atoms with Crippen molar-refractivity contribution in [2.45, 2.75) is 13.8 Å². The highest BCUT2D eigenvalue weighted by Gasteiger charge is 2.46. The van der Waals surface area contributed by atoms with E-state index in [2.05, 4.69) is 10.6 Å². The van der Waals surface area contributed by atoms with Gasteiger partial charge in [-0.1, -0.05) is 0 Å². The highest BCUT2D eigenvalue weighted by Crippen LogP contribution is 2.22. The van der Waals surface area contributed by atoms with E-state index in [9.17, 15) is 19.2 Å². The molecule has 1 fully saturated rings. The molecule has 0 unspecified atom stereocenters. The maximum atomic E-state index is 12.0. The summed E-state index contributed by atoms with van der Waals surface area (Å²) in [5, 5.41) is 4.65. The molecule has 0 radical (unpaired) electrons. The Bertz CT molecular complexity index is 430. The minimum Gasteiger partial charge on any atom is -0.336 e. The quantitative estimate of drug-likeness (QED) is 0.666. The first-order chi connectivity index (χ1) is 8.67. The number of urea groups is 2. The second kappa shape index (κ2) is 5.25. The molecule has 1 aliphatic heterocycles. The Morgan fingerprint density at radius 1 is 1.32 bits per heavy atom. The molecule has 1 rings (SSSR count). The number of carbonyl (C=O) groups is 4. The van der Waals surface area contributed by atoms with E-state index >= 15 is 0 Å². The van der Waals surface area contributed by atoms with Gasteiger partial charge in [-0.15, -0.1) is 0 Å². The van der Waals surface area contributed by atoms with Crippen molar-refractivity contribution in [1.29, 1.82) is 0 Å². The van der Waals surface area contributed by atoms with E-state index in [0.29, 0.717) is 0 Å². The first kappa shape index (κ1) is 14.9. The van der Waals surface area contributed by atoms with Gasteiger partial charge in [0.25, 0.3) is 0 Å². The topological polar surface area (TPSA) is 98.8 Å². The lowest BCUT2D eigenvalue weighted by Crippen LogP contribution is -2.62. The Balaban J connectivity index is 2.63. The largest absolute Gasteiger partial charge is 0.336 e. The second-order valence-corrected chi connectivity index (χ2v) is 4.97. The van der Waals surface area contributed by atoms with Gasteiger partial charge in [0.15, 0.2) is 0 Å². The zero-order valence-electron chi connectivity index (χ0n) is 11.4. The number of hydrogen-bond acceptors (Lipinski definition) is 4. The van der Waals surface area contributed by atoms with Crippen molar-refractivity contribution in [3.8, 4) is 0 Å². The molecule has 8 heteroatoms. The summed E-state index contributed by atoms with van der Waals surface area (Å²) in [6.45, 7) is 3.03. The summed E-state index contributed by atoms with van der Waals surface area (Å²) in [7, 11) is 3.16. The summed E-state index contributed by atoms with van der Waals surface area (Å²) in [6, 6.07) is -1.08. The third-order valence-corrected chi connectivity index (χ3v) is 2.83. The molecular weight excluding hydrogens is 252 g/mol. The number of amides is 6. The van der Waals surface area contributed by atoms with E-state index in [1.807, 2.05) is 0 Å². The van der Waals surface area contributed by atoms with Gasteiger partial charge in [-0.25, -0.2) is 9.59 Å². The fraction of sp³-hybridized carbons (Fsp3) is 0.636. The summed E-state index contributed by atoms with van der Waals surface area (Å²) in [5.41, 5.74) is -1.28. The molecule has 1 saturated heterocycles. The van der Waals surface area contributed by atoms with Crippen LogP contribution >= 0.6 is 0 Å². The molecule has 0 spiro atoms. The monoisotopic (exact) mass is 270 g/mol. The van der Waals surface area contributed by atoms with Crippen LogP contribution in [-0.2, 0) is 9.59 Å². The lowest BCUT2D eigenvalue weighted by atomic mass is 9.89. The summed E-state index contributed by atoms with van der Waals surface area (Å²) < 4.78 is 0. The van der Waals surface area contributed by atoms with Crippen molar-refractivity contribution in [2.75, 3.05) is 27.2 Å². The van der Waals surface area contributed by atoms with E-state index in [4.69, 9.17) is 0 Å². The van der Waals surface area contributed by atoms with Crippen LogP contribution in [0.25, 0.3) is 0 Å². The van der Waals surface area contributed by atoms with Crippen LogP contribution in [0.3, 0.4) is 0 Å². The van der Waals surface area contributed by atoms with Crippen molar-refractivity contribution >= 4 is 23.9 Å². The van der Waals surface area contributed by atoms with Crippen molar-refractivity contribution in [3.05, 3.63) is 0 Å². The average molecular weight is 270 g/mol. The van der Waals surface area contributed by atoms with Gasteiger partial charge < -0.3 is 10.2 Å². The molecule has 0 aromatic carbocycles. The van der Waals surface area contributed by atoms with E-state index < -0.39 is 23.3 Å². The van der Waals surface area contributed by atoms with Gasteiger partial charge in [0.2, 0.25) is 11.8 Å². The molecule has 2 N–H and O–H groups in total. The maximum Gasteiger partial charge on any atom is 0.330 e. The van der Waals surface area contributed by atoms with Crippen LogP contribution in [0.5, 0.6) is 0 Å². The molecule has 0 aliphatic carbocycles. The van der Waals surface area contributed by atoms with Crippen molar-refractivity contribution in [3.63, 3.8) is 0 Å². The van der Waals surface area contributed by atoms with Gasteiger partial charge in [0, 0.05) is 27.2 Å². The molecule has 1 aliphatic rings. The molecule has 106 valence electrons. The zero-order chi connectivity index (χ0) is 14.8. The Labute approximate surface area is 111 Å². The van der Waals surface area contributed by atoms with E-state index in [1.54, 1.807) is 14.1 Å². The molecule has 8 nitrogen and oxygen atoms in total. The van der Waals surface area contributed by atoms with Gasteiger partial charge in [-0.05, 0) is 13.8 Å². The van der Waals surface area contributed by atoms with Crippen LogP contribution in [0.1, 0.15) is 13.8 Å². The molecule has 0 bridgehead atoms. The van der Waals surface area contributed by atoms with Crippen molar-refractivity contribution in [2.24, 2.45) is 5.41 Å². The summed E-state index contributed by atoms with van der Waals surface area (Å²) in [6.07, 6.45) is 0. The number of nitrogens with zero attached hydrogens (tertiary/aromatic N) is 2. The van der Waals surface area contributed by atoms with E-state index in [1.165, 1.54) is 18.7 Å². The van der Waals surface area contributed by atoms with E-state index in [-0.39, 0.29) is 19.1 Å². The van der Waals surface area contributed by atoms with Crippen LogP contribution in [-0.4, -0.2) is 60.9 Å². The second-order valence-electron chi connectivity index (χ2n) is 4.97. The van der Waals surface area contributed by atoms with Crippen LogP contribution < -0.4 is 10.6 Å². The Morgan fingerprint density at radius 2 is 1.89 bits per heavy atom. The maximum absolute atomic E-state index is 12.0. The number of carbonyl (C=O) groups excluding carboxylic acids is 4. The van der Waals surface area contributed by atoms with Gasteiger partial charge >= 0.3 is 12.1 Å². The third kappa shape index (κ3) is 3.01. The zero-order valence-corrected chi connectivity index (χ0v) is 11.4. The van der Waals surface area contributed by atoms with Crippen molar-refractivity contribution in [1.82, 2.24) is 20.4 Å². The van der Waals surface area contributed by atoms with Gasteiger partial charge in [0.1, 0.15) is 5.41 Å². The van der Waals surface area contributed by atoms with Gasteiger partial charge in [0.05, 0.1) is 0 Å². The Kier molecular flexibility index (Phi) is 4.13. The standard InChI is InChI=1S/C11H18N4O4/c1-11(2)7(16)13-10(19)15(8(11)17)6-5-12-9(18)14(3)4/h5-6H2,1-4H3,(H,12,18)(H,13,16,19). The number of imide groups is 2. The molecule has 1 heterocycles. The first-order valence-electron chi connectivity index (χ1n) is 5.80. The molecule has 6 amide bonds. The lowest BCUT2D eigenvalue weighted by Gasteiger charge is -2.34. The highest BCUT2D eigenvalue weighted by atomic mass is 16.2. The summed E-state index contributed by atoms with van der Waals surface area (Å²) >= 11 is 0. The SMILES string of the molecule is CN(C)C(=O)NCCN1C(=O)NC(=O)C(C)(C)C1=O. The fourth-order valence-corrected chi connectivity index (χ4v) is 1.48. The Hall–Kier alpha value is -2.12. The van der Waals surface area contributed by atoms with Crippen molar-refractivity contribution < 1.29 is 19.2 Å². The molecular formula is C11H18N4O4. The number of barbiturate groups is 1. The predicted octanol–water partition coefficient (Wildman–Crippen LogP) is -0.638. The van der Waals surface area contributed by atoms with Crippen LogP contribution in [0.4, 0.5) is 9.59 Å². The average Bonchev–Trinajstić information content (AvgIpc) is 2.31. The third-order valence-electron chi connectivity index (χ3n) is 2.83. The smallest absolute Gasteiger partial charge is 0.330 e. The van der Waals surface area contributed by atoms with Gasteiger partial charge in [-0.3, -0.25) is 19.8 Å². The number of hydrogen-bond donors (Lipinski definition) is 2. The summed E-state index contributed by atoms with van der Waals surface area (Å²) in [4.78, 5) is 48.6. The molecule has 0 aromatic heterocycles. The summed E-state index contributed by atoms with van der Waals surface area (Å²) in [5.74, 6) is -1.18. The van der Waals surface area contributed by atoms with Crippen LogP contribution in [0.15, 0.2) is 0 Å². The predicted molar refractivity (Wildman–Crippen MR) is 66.1 cm³/mol. The Morgan fingerprint density at radius 3 is 2.42 bits per heavy atom. The normalized spacial score (nSPS) is 18.1. The molecule has 0 atom stereocenters. The van der Waals surface area contributed by atoms with E-state index in [0.717, 1.165) is 4.90 Å². The fourth-order valence-electron chi connectivity index (χ4n) is 1.48. The highest BCUT2D eigenvalue weighted by molar-refractivity contribution is 6.18. The van der Waals surface area contributed by atoms with Gasteiger partial charge in [-0.2, -0.15) is 0 Å². The molecule has 0 aromatic rings. The minimum absolute atomic E-state index is 0.0148. The van der Waals surface area contributed by atoms with Crippen LogP contribution in [0.2, 0.25) is 0 Å². The number of rotatable bonds is 3.